The van der Waals surface area contributed by atoms with E-state index in [4.69, 9.17) is 0 Å². The molecule has 2 aromatic heterocycles. The summed E-state index contributed by atoms with van der Waals surface area (Å²) in [5.74, 6) is 0.357. The zero-order valence-electron chi connectivity index (χ0n) is 17.7. The molecule has 0 saturated carbocycles. The predicted octanol–water partition coefficient (Wildman–Crippen LogP) is 3.79. The molecule has 0 bridgehead atoms. The molecule has 0 spiro atoms. The highest BCUT2D eigenvalue weighted by molar-refractivity contribution is 5.96. The van der Waals surface area contributed by atoms with E-state index in [9.17, 15) is 9.59 Å². The van der Waals surface area contributed by atoms with Crippen LogP contribution in [0.15, 0.2) is 54.7 Å². The maximum atomic E-state index is 12.5. The number of H-pyrrole nitrogens is 1. The van der Waals surface area contributed by atoms with Crippen molar-refractivity contribution in [3.63, 3.8) is 0 Å². The summed E-state index contributed by atoms with van der Waals surface area (Å²) < 4.78 is 1.68. The Balaban J connectivity index is 1.20. The molecule has 4 aromatic rings. The number of likely N-dealkylation sites (tertiary alicyclic amines) is 1. The molecule has 1 fully saturated rings. The number of carbonyl (C=O) groups is 2. The molecule has 1 aliphatic heterocycles. The van der Waals surface area contributed by atoms with Crippen LogP contribution >= 0.6 is 0 Å². The Morgan fingerprint density at radius 2 is 1.91 bits per heavy atom. The van der Waals surface area contributed by atoms with E-state index in [1.54, 1.807) is 4.68 Å². The van der Waals surface area contributed by atoms with Gasteiger partial charge in [0.2, 0.25) is 5.91 Å². The number of para-hydroxylation sites is 1. The lowest BCUT2D eigenvalue weighted by Gasteiger charge is -2.14. The minimum Gasteiger partial charge on any atom is -0.343 e. The summed E-state index contributed by atoms with van der Waals surface area (Å²) in [5.41, 5.74) is 3.90. The fraction of sp³-hybridized carbons (Fsp3) is 0.292. The van der Waals surface area contributed by atoms with E-state index in [0.29, 0.717) is 24.1 Å². The van der Waals surface area contributed by atoms with Crippen molar-refractivity contribution in [2.75, 3.05) is 13.1 Å². The van der Waals surface area contributed by atoms with Gasteiger partial charge in [-0.25, -0.2) is 4.68 Å². The lowest BCUT2D eigenvalue weighted by atomic mass is 10.0. The first kappa shape index (κ1) is 20.1. The normalized spacial score (nSPS) is 13.9. The number of aromatic nitrogens is 5. The Labute approximate surface area is 185 Å². The Morgan fingerprint density at radius 1 is 1.06 bits per heavy atom. The fourth-order valence-corrected chi connectivity index (χ4v) is 4.13. The molecule has 2 aromatic carbocycles. The zero-order valence-corrected chi connectivity index (χ0v) is 17.7. The highest BCUT2D eigenvalue weighted by Gasteiger charge is 2.19. The number of rotatable bonds is 8. The molecular weight excluding hydrogens is 404 g/mol. The third-order valence-electron chi connectivity index (χ3n) is 5.91. The number of Topliss-reactive ketones (excluding diaryl/α,β-unsaturated/α-hetero) is 1. The summed E-state index contributed by atoms with van der Waals surface area (Å²) in [6.07, 6.45) is 5.58. The monoisotopic (exact) mass is 428 g/mol. The number of carbonyl (C=O) groups excluding carboxylic acids is 2. The van der Waals surface area contributed by atoms with Crippen molar-refractivity contribution in [3.05, 3.63) is 60.3 Å². The molecule has 0 radical (unpaired) electrons. The maximum Gasteiger partial charge on any atom is 0.222 e. The molecule has 3 heterocycles. The highest BCUT2D eigenvalue weighted by Crippen LogP contribution is 2.24. The van der Waals surface area contributed by atoms with Gasteiger partial charge in [-0.2, -0.15) is 5.10 Å². The number of amides is 1. The highest BCUT2D eigenvalue weighted by atomic mass is 16.2. The van der Waals surface area contributed by atoms with Crippen LogP contribution in [0.25, 0.3) is 28.0 Å². The van der Waals surface area contributed by atoms with Gasteiger partial charge in [-0.3, -0.25) is 14.7 Å². The molecule has 5 rings (SSSR count). The number of ketones is 1. The fourth-order valence-electron chi connectivity index (χ4n) is 4.13. The summed E-state index contributed by atoms with van der Waals surface area (Å²) in [5, 5.41) is 16.9. The molecular formula is C24H24N6O2. The zero-order chi connectivity index (χ0) is 21.9. The van der Waals surface area contributed by atoms with Crippen LogP contribution < -0.4 is 0 Å². The van der Waals surface area contributed by atoms with Crippen molar-refractivity contribution in [1.82, 2.24) is 30.1 Å². The number of hydrogen-bond acceptors (Lipinski definition) is 5. The van der Waals surface area contributed by atoms with E-state index in [1.165, 1.54) is 0 Å². The van der Waals surface area contributed by atoms with E-state index in [1.807, 2.05) is 59.6 Å². The van der Waals surface area contributed by atoms with E-state index < -0.39 is 0 Å². The van der Waals surface area contributed by atoms with Gasteiger partial charge >= 0.3 is 0 Å². The molecule has 1 amide bonds. The first-order chi connectivity index (χ1) is 15.7. The summed E-state index contributed by atoms with van der Waals surface area (Å²) in [6.45, 7) is 1.61. The molecule has 32 heavy (non-hydrogen) atoms. The van der Waals surface area contributed by atoms with Crippen LogP contribution in [0, 0.1) is 0 Å². The summed E-state index contributed by atoms with van der Waals surface area (Å²) in [6, 6.07) is 15.3. The molecule has 1 saturated heterocycles. The first-order valence-electron chi connectivity index (χ1n) is 11.0. The third kappa shape index (κ3) is 4.03. The maximum absolute atomic E-state index is 12.5. The number of nitrogens with one attached hydrogen (secondary N) is 1. The molecule has 0 atom stereocenters. The van der Waals surface area contributed by atoms with Crippen molar-refractivity contribution < 1.29 is 9.59 Å². The van der Waals surface area contributed by atoms with Crippen LogP contribution in [0.3, 0.4) is 0 Å². The van der Waals surface area contributed by atoms with Gasteiger partial charge in [0.1, 0.15) is 11.4 Å². The SMILES string of the molecule is O=C(CCCCN1CCCC1=O)c1ccc(-n2cc(-c3n[nH]c4ccccc34)nn2)cc1. The lowest BCUT2D eigenvalue weighted by molar-refractivity contribution is -0.127. The van der Waals surface area contributed by atoms with Crippen molar-refractivity contribution in [2.24, 2.45) is 0 Å². The molecule has 0 aliphatic carbocycles. The minimum absolute atomic E-state index is 0.117. The van der Waals surface area contributed by atoms with Crippen LogP contribution in [0.4, 0.5) is 0 Å². The van der Waals surface area contributed by atoms with Crippen molar-refractivity contribution in [1.29, 1.82) is 0 Å². The average Bonchev–Trinajstić information content (AvgIpc) is 3.56. The molecule has 8 nitrogen and oxygen atoms in total. The van der Waals surface area contributed by atoms with Gasteiger partial charge in [0.15, 0.2) is 5.78 Å². The van der Waals surface area contributed by atoms with Crippen LogP contribution in [-0.2, 0) is 4.79 Å². The largest absolute Gasteiger partial charge is 0.343 e. The average molecular weight is 428 g/mol. The molecule has 162 valence electrons. The van der Waals surface area contributed by atoms with Crippen LogP contribution in [0.2, 0.25) is 0 Å². The minimum atomic E-state index is 0.117. The predicted molar refractivity (Wildman–Crippen MR) is 120 cm³/mol. The quantitative estimate of drug-likeness (QED) is 0.340. The van der Waals surface area contributed by atoms with Crippen molar-refractivity contribution >= 4 is 22.6 Å². The van der Waals surface area contributed by atoms with Crippen molar-refractivity contribution in [3.8, 4) is 17.1 Å². The van der Waals surface area contributed by atoms with Crippen molar-refractivity contribution in [2.45, 2.75) is 32.1 Å². The number of fused-ring (bicyclic) bond motifs is 1. The number of hydrogen-bond donors (Lipinski definition) is 1. The number of aromatic amines is 1. The smallest absolute Gasteiger partial charge is 0.222 e. The number of unbranched alkanes of at least 4 members (excludes halogenated alkanes) is 1. The lowest BCUT2D eigenvalue weighted by Crippen LogP contribution is -2.25. The van der Waals surface area contributed by atoms with Gasteiger partial charge < -0.3 is 4.90 Å². The number of nitrogens with zero attached hydrogens (tertiary/aromatic N) is 5. The Hall–Kier alpha value is -3.81. The topological polar surface area (TPSA) is 96.8 Å². The Bertz CT molecular complexity index is 1260. The van der Waals surface area contributed by atoms with E-state index in [2.05, 4.69) is 20.5 Å². The second-order valence-electron chi connectivity index (χ2n) is 8.08. The van der Waals surface area contributed by atoms with Gasteiger partial charge in [0.05, 0.1) is 17.4 Å². The second kappa shape index (κ2) is 8.74. The van der Waals surface area contributed by atoms with E-state index >= 15 is 0 Å². The third-order valence-corrected chi connectivity index (χ3v) is 5.91. The van der Waals surface area contributed by atoms with E-state index in [0.717, 1.165) is 54.6 Å². The second-order valence-corrected chi connectivity index (χ2v) is 8.08. The van der Waals surface area contributed by atoms with Crippen LogP contribution in [0.1, 0.15) is 42.5 Å². The Kier molecular flexibility index (Phi) is 5.49. The van der Waals surface area contributed by atoms with Gasteiger partial charge in [-0.1, -0.05) is 23.4 Å². The number of benzene rings is 2. The Morgan fingerprint density at radius 3 is 2.72 bits per heavy atom. The van der Waals surface area contributed by atoms with Gasteiger partial charge in [0, 0.05) is 36.9 Å². The van der Waals surface area contributed by atoms with Gasteiger partial charge in [-0.05, 0) is 49.6 Å². The van der Waals surface area contributed by atoms with E-state index in [-0.39, 0.29) is 11.7 Å². The standard InChI is InChI=1S/C24H24N6O2/c31-22(8-3-4-14-29-15-5-9-23(29)32)17-10-12-18(13-11-17)30-16-21(26-28-30)24-19-6-1-2-7-20(19)25-27-24/h1-2,6-7,10-13,16H,3-5,8-9,14-15H2,(H,25,27). The summed E-state index contributed by atoms with van der Waals surface area (Å²) in [4.78, 5) is 26.1. The van der Waals surface area contributed by atoms with Crippen LogP contribution in [-0.4, -0.2) is 54.9 Å². The summed E-state index contributed by atoms with van der Waals surface area (Å²) >= 11 is 0. The molecule has 1 N–H and O–H groups in total. The first-order valence-corrected chi connectivity index (χ1v) is 11.0. The van der Waals surface area contributed by atoms with Crippen LogP contribution in [0.5, 0.6) is 0 Å². The molecule has 8 heteroatoms. The summed E-state index contributed by atoms with van der Waals surface area (Å²) in [7, 11) is 0. The molecule has 0 unspecified atom stereocenters. The van der Waals surface area contributed by atoms with Gasteiger partial charge in [-0.15, -0.1) is 5.10 Å². The molecule has 1 aliphatic rings. The van der Waals surface area contributed by atoms with Gasteiger partial charge in [0.25, 0.3) is 0 Å².